The Morgan fingerprint density at radius 3 is 2.48 bits per heavy atom. The van der Waals surface area contributed by atoms with Gasteiger partial charge in [0.05, 0.1) is 0 Å². The molecule has 1 heterocycles. The fourth-order valence-corrected chi connectivity index (χ4v) is 4.84. The first kappa shape index (κ1) is 18.3. The second-order valence-corrected chi connectivity index (χ2v) is 8.69. The Labute approximate surface area is 144 Å². The Morgan fingerprint density at radius 1 is 1.35 bits per heavy atom. The predicted molar refractivity (Wildman–Crippen MR) is 97.2 cm³/mol. The van der Waals surface area contributed by atoms with Crippen molar-refractivity contribution in [1.29, 1.82) is 0 Å². The number of amides is 1. The average molecular weight is 338 g/mol. The molecule has 0 bridgehead atoms. The molecule has 3 nitrogen and oxygen atoms in total. The molecular weight excluding hydrogens is 306 g/mol. The van der Waals surface area contributed by atoms with Crippen LogP contribution in [0.25, 0.3) is 0 Å². The van der Waals surface area contributed by atoms with Gasteiger partial charge in [-0.25, -0.2) is 4.79 Å². The van der Waals surface area contributed by atoms with Gasteiger partial charge in [-0.15, -0.1) is 11.3 Å². The van der Waals surface area contributed by atoms with Gasteiger partial charge in [-0.05, 0) is 88.6 Å². The first-order valence-corrected chi connectivity index (χ1v) is 9.71. The monoisotopic (exact) mass is 337 g/mol. The molecule has 1 unspecified atom stereocenters. The highest BCUT2D eigenvalue weighted by molar-refractivity contribution is 7.10. The van der Waals surface area contributed by atoms with E-state index in [9.17, 15) is 4.79 Å². The lowest BCUT2D eigenvalue weighted by atomic mass is 9.76. The lowest BCUT2D eigenvalue weighted by Crippen LogP contribution is -2.41. The standard InChI is InChI=1S/C19H31NO2S/c1-6-16(17-13(2)11-12-23-17)14-7-9-15(10-8-14)20-18(21)22-19(3,4)5/h11-12,14-16H,6-10H2,1-5H3,(H,20,21). The van der Waals surface area contributed by atoms with E-state index in [4.69, 9.17) is 4.74 Å². The largest absolute Gasteiger partial charge is 0.444 e. The maximum absolute atomic E-state index is 11.9. The second kappa shape index (κ2) is 7.69. The topological polar surface area (TPSA) is 38.3 Å². The van der Waals surface area contributed by atoms with E-state index in [1.807, 2.05) is 32.1 Å². The van der Waals surface area contributed by atoms with Gasteiger partial charge in [0.1, 0.15) is 5.60 Å². The predicted octanol–water partition coefficient (Wildman–Crippen LogP) is 5.63. The van der Waals surface area contributed by atoms with Crippen LogP contribution in [0.3, 0.4) is 0 Å². The van der Waals surface area contributed by atoms with Gasteiger partial charge in [0.15, 0.2) is 0 Å². The third-order valence-electron chi connectivity index (χ3n) is 4.74. The molecule has 0 saturated heterocycles. The minimum atomic E-state index is -0.425. The molecule has 1 aliphatic carbocycles. The van der Waals surface area contributed by atoms with Crippen molar-refractivity contribution in [3.63, 3.8) is 0 Å². The van der Waals surface area contributed by atoms with Crippen LogP contribution in [0, 0.1) is 12.8 Å². The van der Waals surface area contributed by atoms with Crippen molar-refractivity contribution in [3.05, 3.63) is 21.9 Å². The van der Waals surface area contributed by atoms with E-state index in [2.05, 4.69) is 30.6 Å². The van der Waals surface area contributed by atoms with E-state index in [1.54, 1.807) is 4.88 Å². The van der Waals surface area contributed by atoms with Gasteiger partial charge in [0, 0.05) is 10.9 Å². The van der Waals surface area contributed by atoms with Crippen LogP contribution in [0.5, 0.6) is 0 Å². The summed E-state index contributed by atoms with van der Waals surface area (Å²) in [5.74, 6) is 1.42. The van der Waals surface area contributed by atoms with Crippen LogP contribution in [0.15, 0.2) is 11.4 Å². The van der Waals surface area contributed by atoms with E-state index in [-0.39, 0.29) is 12.1 Å². The summed E-state index contributed by atoms with van der Waals surface area (Å²) in [5.41, 5.74) is 1.02. The molecule has 0 aliphatic heterocycles. The molecule has 1 aliphatic rings. The third-order valence-corrected chi connectivity index (χ3v) is 5.89. The van der Waals surface area contributed by atoms with E-state index in [0.29, 0.717) is 5.92 Å². The lowest BCUT2D eigenvalue weighted by Gasteiger charge is -2.34. The highest BCUT2D eigenvalue weighted by Crippen LogP contribution is 2.41. The molecule has 1 aromatic rings. The Kier molecular flexibility index (Phi) is 6.12. The van der Waals surface area contributed by atoms with E-state index < -0.39 is 5.60 Å². The minimum absolute atomic E-state index is 0.267. The van der Waals surface area contributed by atoms with Crippen LogP contribution in [-0.2, 0) is 4.74 Å². The molecule has 0 aromatic carbocycles. The zero-order valence-electron chi connectivity index (χ0n) is 15.1. The lowest BCUT2D eigenvalue weighted by molar-refractivity contribution is 0.0485. The number of aryl methyl sites for hydroxylation is 1. The van der Waals surface area contributed by atoms with Crippen molar-refractivity contribution in [1.82, 2.24) is 5.32 Å². The van der Waals surface area contributed by atoms with Crippen molar-refractivity contribution in [3.8, 4) is 0 Å². The van der Waals surface area contributed by atoms with Crippen molar-refractivity contribution in [2.45, 2.75) is 84.3 Å². The Hall–Kier alpha value is -1.03. The van der Waals surface area contributed by atoms with Gasteiger partial charge in [-0.1, -0.05) is 6.92 Å². The fraction of sp³-hybridized carbons (Fsp3) is 0.737. The van der Waals surface area contributed by atoms with Crippen LogP contribution in [-0.4, -0.2) is 17.7 Å². The summed E-state index contributed by atoms with van der Waals surface area (Å²) in [6.45, 7) is 10.2. The molecule has 0 radical (unpaired) electrons. The first-order chi connectivity index (χ1) is 10.8. The van der Waals surface area contributed by atoms with E-state index >= 15 is 0 Å². The Balaban J connectivity index is 1.86. The van der Waals surface area contributed by atoms with Crippen LogP contribution in [0.4, 0.5) is 4.79 Å². The molecule has 23 heavy (non-hydrogen) atoms. The van der Waals surface area contributed by atoms with Crippen molar-refractivity contribution in [2.75, 3.05) is 0 Å². The Bertz CT molecular complexity index is 510. The van der Waals surface area contributed by atoms with Crippen LogP contribution < -0.4 is 5.32 Å². The van der Waals surface area contributed by atoms with Crippen molar-refractivity contribution >= 4 is 17.4 Å². The van der Waals surface area contributed by atoms with Crippen LogP contribution in [0.2, 0.25) is 0 Å². The van der Waals surface area contributed by atoms with Gasteiger partial charge < -0.3 is 10.1 Å². The van der Waals surface area contributed by atoms with Gasteiger partial charge in [0.2, 0.25) is 0 Å². The number of hydrogen-bond acceptors (Lipinski definition) is 3. The summed E-state index contributed by atoms with van der Waals surface area (Å²) in [6, 6.07) is 2.50. The molecule has 2 rings (SSSR count). The third kappa shape index (κ3) is 5.23. The maximum atomic E-state index is 11.9. The number of carbonyl (C=O) groups is 1. The highest BCUT2D eigenvalue weighted by atomic mass is 32.1. The second-order valence-electron chi connectivity index (χ2n) is 7.74. The quantitative estimate of drug-likeness (QED) is 0.773. The number of carbonyl (C=O) groups excluding carboxylic acids is 1. The summed E-state index contributed by atoms with van der Waals surface area (Å²) in [6.07, 6.45) is 5.43. The molecular formula is C19H31NO2S. The summed E-state index contributed by atoms with van der Waals surface area (Å²) >= 11 is 1.90. The van der Waals surface area contributed by atoms with Gasteiger partial charge in [-0.3, -0.25) is 0 Å². The molecule has 130 valence electrons. The molecule has 1 amide bonds. The van der Waals surface area contributed by atoms with Crippen LogP contribution in [0.1, 0.15) is 76.2 Å². The van der Waals surface area contributed by atoms with Gasteiger partial charge in [-0.2, -0.15) is 0 Å². The van der Waals surface area contributed by atoms with Gasteiger partial charge >= 0.3 is 6.09 Å². The zero-order chi connectivity index (χ0) is 17.0. The maximum Gasteiger partial charge on any atom is 0.407 e. The number of alkyl carbamates (subject to hydrolysis) is 1. The van der Waals surface area contributed by atoms with E-state index in [0.717, 1.165) is 18.8 Å². The molecule has 1 N–H and O–H groups in total. The van der Waals surface area contributed by atoms with Gasteiger partial charge in [0.25, 0.3) is 0 Å². The Morgan fingerprint density at radius 2 is 2.00 bits per heavy atom. The van der Waals surface area contributed by atoms with Crippen LogP contribution >= 0.6 is 11.3 Å². The molecule has 0 spiro atoms. The summed E-state index contributed by atoms with van der Waals surface area (Å²) < 4.78 is 5.36. The number of rotatable bonds is 4. The normalized spacial score (nSPS) is 23.3. The summed E-state index contributed by atoms with van der Waals surface area (Å²) in [4.78, 5) is 13.5. The average Bonchev–Trinajstić information content (AvgIpc) is 2.86. The minimum Gasteiger partial charge on any atom is -0.444 e. The van der Waals surface area contributed by atoms with E-state index in [1.165, 1.54) is 24.8 Å². The smallest absolute Gasteiger partial charge is 0.407 e. The molecule has 4 heteroatoms. The molecule has 1 aromatic heterocycles. The number of nitrogens with one attached hydrogen (secondary N) is 1. The number of ether oxygens (including phenoxy) is 1. The van der Waals surface area contributed by atoms with Crippen molar-refractivity contribution in [2.24, 2.45) is 5.92 Å². The zero-order valence-corrected chi connectivity index (χ0v) is 16.0. The molecule has 1 saturated carbocycles. The SMILES string of the molecule is CCC(c1sccc1C)C1CCC(NC(=O)OC(C)(C)C)CC1. The molecule has 1 atom stereocenters. The van der Waals surface area contributed by atoms with Crippen molar-refractivity contribution < 1.29 is 9.53 Å². The first-order valence-electron chi connectivity index (χ1n) is 8.83. The summed E-state index contributed by atoms with van der Waals surface area (Å²) in [7, 11) is 0. The number of hydrogen-bond donors (Lipinski definition) is 1. The highest BCUT2D eigenvalue weighted by Gasteiger charge is 2.30. The molecule has 1 fully saturated rings. The fourth-order valence-electron chi connectivity index (χ4n) is 3.64. The summed E-state index contributed by atoms with van der Waals surface area (Å²) in [5, 5.41) is 5.25. The number of thiophene rings is 1.